The maximum Gasteiger partial charge on any atom is 0.506 e. The van der Waals surface area contributed by atoms with Crippen LogP contribution in [0, 0.1) is 0 Å². The van der Waals surface area contributed by atoms with E-state index in [9.17, 15) is 4.79 Å². The molecule has 1 heterocycles. The normalized spacial score (nSPS) is 19.8. The zero-order valence-electron chi connectivity index (χ0n) is 8.15. The maximum absolute atomic E-state index is 9.59. The molecule has 1 saturated heterocycles. The fourth-order valence-corrected chi connectivity index (χ4v) is 0.552. The monoisotopic (exact) mass is 192 g/mol. The molecular formula is C8H16O5. The van der Waals surface area contributed by atoms with Gasteiger partial charge >= 0.3 is 6.16 Å². The third kappa shape index (κ3) is 7.55. The zero-order chi connectivity index (χ0) is 10.3. The number of carbonyl (C=O) groups is 1. The molecule has 13 heavy (non-hydrogen) atoms. The minimum absolute atomic E-state index is 0.225. The standard InChI is InChI=1S/C4H8O3.C4H8O2/c1-3(2)7-4(5)6;1-2-4-3-5-6-4/h3H,1-2H3,(H,5,6);4H,2-3H2,1H3. The maximum atomic E-state index is 9.59. The zero-order valence-corrected chi connectivity index (χ0v) is 8.15. The fraction of sp³-hybridized carbons (Fsp3) is 0.875. The van der Waals surface area contributed by atoms with E-state index in [4.69, 9.17) is 5.11 Å². The van der Waals surface area contributed by atoms with Gasteiger partial charge in [-0.05, 0) is 20.3 Å². The summed E-state index contributed by atoms with van der Waals surface area (Å²) in [5, 5.41) is 7.86. The third-order valence-electron chi connectivity index (χ3n) is 1.25. The molecule has 1 atom stereocenters. The molecule has 0 bridgehead atoms. The molecule has 0 amide bonds. The molecule has 78 valence electrons. The van der Waals surface area contributed by atoms with Crippen LogP contribution in [0.1, 0.15) is 27.2 Å². The molecule has 0 aromatic carbocycles. The van der Waals surface area contributed by atoms with E-state index in [1.165, 1.54) is 0 Å². The highest BCUT2D eigenvalue weighted by Gasteiger charge is 2.16. The number of ether oxygens (including phenoxy) is 1. The minimum Gasteiger partial charge on any atom is -0.450 e. The fourth-order valence-electron chi connectivity index (χ4n) is 0.552. The van der Waals surface area contributed by atoms with Crippen LogP contribution in [0.5, 0.6) is 0 Å². The quantitative estimate of drug-likeness (QED) is 0.534. The van der Waals surface area contributed by atoms with Gasteiger partial charge < -0.3 is 9.84 Å². The van der Waals surface area contributed by atoms with Gasteiger partial charge in [-0.1, -0.05) is 6.92 Å². The van der Waals surface area contributed by atoms with E-state index in [0.717, 1.165) is 13.0 Å². The topological polar surface area (TPSA) is 65.0 Å². The van der Waals surface area contributed by atoms with Crippen LogP contribution in [0.2, 0.25) is 0 Å². The summed E-state index contributed by atoms with van der Waals surface area (Å²) in [6.07, 6.45) is 0.0255. The Bertz CT molecular complexity index is 139. The Hall–Kier alpha value is -0.810. The molecule has 5 heteroatoms. The summed E-state index contributed by atoms with van der Waals surface area (Å²) in [4.78, 5) is 18.6. The highest BCUT2D eigenvalue weighted by atomic mass is 17.2. The van der Waals surface area contributed by atoms with Gasteiger partial charge in [-0.2, -0.15) is 0 Å². The number of rotatable bonds is 2. The van der Waals surface area contributed by atoms with Crippen LogP contribution in [-0.4, -0.2) is 30.1 Å². The summed E-state index contributed by atoms with van der Waals surface area (Å²) in [6, 6.07) is 0. The molecule has 0 aromatic heterocycles. The Kier molecular flexibility index (Phi) is 6.26. The van der Waals surface area contributed by atoms with E-state index in [-0.39, 0.29) is 6.10 Å². The summed E-state index contributed by atoms with van der Waals surface area (Å²) in [5.74, 6) is 0. The molecule has 1 rings (SSSR count). The lowest BCUT2D eigenvalue weighted by atomic mass is 10.3. The van der Waals surface area contributed by atoms with Gasteiger partial charge in [0.05, 0.1) is 6.10 Å². The van der Waals surface area contributed by atoms with Crippen LogP contribution in [-0.2, 0) is 14.5 Å². The number of carboxylic acid groups (broad SMARTS) is 1. The van der Waals surface area contributed by atoms with Gasteiger partial charge in [0, 0.05) is 0 Å². The molecule has 0 spiro atoms. The highest BCUT2D eigenvalue weighted by Crippen LogP contribution is 2.08. The van der Waals surface area contributed by atoms with Crippen LogP contribution in [0.4, 0.5) is 4.79 Å². The van der Waals surface area contributed by atoms with E-state index < -0.39 is 6.16 Å². The van der Waals surface area contributed by atoms with Gasteiger partial charge in [0.25, 0.3) is 0 Å². The Balaban J connectivity index is 0.000000223. The van der Waals surface area contributed by atoms with Crippen molar-refractivity contribution in [2.24, 2.45) is 0 Å². The van der Waals surface area contributed by atoms with E-state index in [1.807, 2.05) is 0 Å². The van der Waals surface area contributed by atoms with Crippen molar-refractivity contribution in [2.45, 2.75) is 39.4 Å². The first-order valence-electron chi connectivity index (χ1n) is 4.24. The smallest absolute Gasteiger partial charge is 0.450 e. The Labute approximate surface area is 77.5 Å². The summed E-state index contributed by atoms with van der Waals surface area (Å²) in [6.45, 7) is 6.19. The summed E-state index contributed by atoms with van der Waals surface area (Å²) < 4.78 is 4.17. The van der Waals surface area contributed by atoms with Crippen LogP contribution < -0.4 is 0 Å². The molecule has 1 fully saturated rings. The van der Waals surface area contributed by atoms with Crippen LogP contribution in [0.3, 0.4) is 0 Å². The van der Waals surface area contributed by atoms with Crippen LogP contribution >= 0.6 is 0 Å². The lowest BCUT2D eigenvalue weighted by molar-refractivity contribution is -0.424. The van der Waals surface area contributed by atoms with Crippen molar-refractivity contribution >= 4 is 6.16 Å². The van der Waals surface area contributed by atoms with Crippen molar-refractivity contribution in [1.29, 1.82) is 0 Å². The Morgan fingerprint density at radius 1 is 1.69 bits per heavy atom. The molecule has 5 nitrogen and oxygen atoms in total. The summed E-state index contributed by atoms with van der Waals surface area (Å²) in [5.41, 5.74) is 0. The van der Waals surface area contributed by atoms with Crippen molar-refractivity contribution in [3.05, 3.63) is 0 Å². The number of hydrogen-bond acceptors (Lipinski definition) is 4. The second kappa shape index (κ2) is 6.68. The molecule has 1 unspecified atom stereocenters. The summed E-state index contributed by atoms with van der Waals surface area (Å²) in [7, 11) is 0. The van der Waals surface area contributed by atoms with Gasteiger partial charge in [0.1, 0.15) is 12.7 Å². The van der Waals surface area contributed by atoms with Crippen molar-refractivity contribution in [1.82, 2.24) is 0 Å². The van der Waals surface area contributed by atoms with Crippen LogP contribution in [0.25, 0.3) is 0 Å². The van der Waals surface area contributed by atoms with Crippen LogP contribution in [0.15, 0.2) is 0 Å². The van der Waals surface area contributed by atoms with E-state index in [0.29, 0.717) is 6.10 Å². The van der Waals surface area contributed by atoms with Gasteiger partial charge in [0.2, 0.25) is 0 Å². The van der Waals surface area contributed by atoms with E-state index in [2.05, 4.69) is 21.4 Å². The SMILES string of the molecule is CC(C)OC(=O)O.CCC1COO1. The van der Waals surface area contributed by atoms with Crippen molar-refractivity contribution in [3.63, 3.8) is 0 Å². The molecule has 1 aliphatic heterocycles. The van der Waals surface area contributed by atoms with Gasteiger partial charge in [-0.15, -0.1) is 0 Å². The first-order chi connectivity index (χ1) is 6.06. The summed E-state index contributed by atoms with van der Waals surface area (Å²) >= 11 is 0. The second-order valence-electron chi connectivity index (χ2n) is 2.84. The molecule has 0 saturated carbocycles. The van der Waals surface area contributed by atoms with Crippen molar-refractivity contribution < 1.29 is 24.4 Å². The highest BCUT2D eigenvalue weighted by molar-refractivity contribution is 5.56. The predicted molar refractivity (Wildman–Crippen MR) is 45.4 cm³/mol. The minimum atomic E-state index is -1.21. The van der Waals surface area contributed by atoms with Crippen molar-refractivity contribution in [2.75, 3.05) is 6.61 Å². The average Bonchev–Trinajstić information content (AvgIpc) is 1.81. The number of hydrogen-bond donors (Lipinski definition) is 1. The first-order valence-corrected chi connectivity index (χ1v) is 4.24. The molecule has 1 aliphatic rings. The lowest BCUT2D eigenvalue weighted by Gasteiger charge is -2.22. The molecule has 1 N–H and O–H groups in total. The molecule has 0 aromatic rings. The van der Waals surface area contributed by atoms with E-state index >= 15 is 0 Å². The molecule has 0 radical (unpaired) electrons. The van der Waals surface area contributed by atoms with Gasteiger partial charge in [0.15, 0.2) is 0 Å². The Morgan fingerprint density at radius 3 is 2.23 bits per heavy atom. The Morgan fingerprint density at radius 2 is 2.23 bits per heavy atom. The molecule has 0 aliphatic carbocycles. The lowest BCUT2D eigenvalue weighted by Crippen LogP contribution is -2.29. The second-order valence-corrected chi connectivity index (χ2v) is 2.84. The van der Waals surface area contributed by atoms with Gasteiger partial charge in [-0.25, -0.2) is 14.6 Å². The van der Waals surface area contributed by atoms with E-state index in [1.54, 1.807) is 13.8 Å². The van der Waals surface area contributed by atoms with Gasteiger partial charge in [-0.3, -0.25) is 0 Å². The largest absolute Gasteiger partial charge is 0.506 e. The first kappa shape index (κ1) is 12.2. The average molecular weight is 192 g/mol. The third-order valence-corrected chi connectivity index (χ3v) is 1.25. The predicted octanol–water partition coefficient (Wildman–Crippen LogP) is 1.82. The van der Waals surface area contributed by atoms with Crippen molar-refractivity contribution in [3.8, 4) is 0 Å². The molecular weight excluding hydrogens is 176 g/mol.